The SMILES string of the molecule is CCCCCCCC(CCCC(C(C)C)C(C)OS(=O)(=O)N(C(=O)O)c1ccccc1)C(C)C. The highest BCUT2D eigenvalue weighted by atomic mass is 32.2. The third-order valence-electron chi connectivity index (χ3n) is 6.85. The molecule has 0 bridgehead atoms. The Kier molecular flexibility index (Phi) is 13.8. The van der Waals surface area contributed by atoms with Crippen LogP contribution in [0.15, 0.2) is 30.3 Å². The Balaban J connectivity index is 2.75. The normalized spacial score (nSPS) is 14.8. The van der Waals surface area contributed by atoms with Gasteiger partial charge in [0.2, 0.25) is 0 Å². The van der Waals surface area contributed by atoms with Crippen molar-refractivity contribution >= 4 is 22.1 Å². The van der Waals surface area contributed by atoms with Crippen LogP contribution in [0.3, 0.4) is 0 Å². The van der Waals surface area contributed by atoms with Crippen LogP contribution in [0.1, 0.15) is 99.3 Å². The molecule has 0 fully saturated rings. The van der Waals surface area contributed by atoms with Crippen molar-refractivity contribution < 1.29 is 22.5 Å². The summed E-state index contributed by atoms with van der Waals surface area (Å²) in [7, 11) is -4.49. The molecule has 1 aromatic rings. The van der Waals surface area contributed by atoms with Gasteiger partial charge in [-0.05, 0) is 49.1 Å². The van der Waals surface area contributed by atoms with Gasteiger partial charge in [-0.25, -0.2) is 8.98 Å². The summed E-state index contributed by atoms with van der Waals surface area (Å²) in [5.41, 5.74) is 0.0435. The van der Waals surface area contributed by atoms with Crippen LogP contribution in [0.2, 0.25) is 0 Å². The minimum Gasteiger partial charge on any atom is -0.464 e. The average Bonchev–Trinajstić information content (AvgIpc) is 2.74. The summed E-state index contributed by atoms with van der Waals surface area (Å²) in [5, 5.41) is 9.56. The van der Waals surface area contributed by atoms with Gasteiger partial charge < -0.3 is 5.11 Å². The van der Waals surface area contributed by atoms with Crippen LogP contribution in [-0.2, 0) is 14.5 Å². The third kappa shape index (κ3) is 10.3. The molecule has 0 radical (unpaired) electrons. The number of carbonyl (C=O) groups is 1. The number of unbranched alkanes of at least 4 members (excludes halogenated alkanes) is 4. The van der Waals surface area contributed by atoms with Crippen LogP contribution in [0.4, 0.5) is 10.5 Å². The number of hydrogen-bond acceptors (Lipinski definition) is 4. The fourth-order valence-corrected chi connectivity index (χ4v) is 5.94. The zero-order valence-corrected chi connectivity index (χ0v) is 22.9. The Morgan fingerprint density at radius 3 is 2.00 bits per heavy atom. The van der Waals surface area contributed by atoms with E-state index >= 15 is 0 Å². The summed E-state index contributed by atoms with van der Waals surface area (Å²) >= 11 is 0. The molecule has 34 heavy (non-hydrogen) atoms. The summed E-state index contributed by atoms with van der Waals surface area (Å²) in [6, 6.07) is 7.76. The van der Waals surface area contributed by atoms with E-state index in [2.05, 4.69) is 34.6 Å². The van der Waals surface area contributed by atoms with Crippen molar-refractivity contribution in [2.45, 2.75) is 105 Å². The standard InChI is InChI=1S/C27H47NO5S/c1-7-8-9-10-12-16-24(21(2)3)17-15-20-26(22(4)5)23(6)33-34(31,32)28(27(29)30)25-18-13-11-14-19-25/h11,13-14,18-19,21-24,26H,7-10,12,15-17,20H2,1-6H3,(H,29,30). The zero-order chi connectivity index (χ0) is 25.7. The highest BCUT2D eigenvalue weighted by Gasteiger charge is 2.34. The second kappa shape index (κ2) is 15.4. The molecule has 6 nitrogen and oxygen atoms in total. The number of amides is 1. The van der Waals surface area contributed by atoms with E-state index < -0.39 is 22.5 Å². The van der Waals surface area contributed by atoms with E-state index in [-0.39, 0.29) is 17.5 Å². The number of anilines is 1. The Morgan fingerprint density at radius 2 is 1.47 bits per heavy atom. The number of rotatable bonds is 17. The van der Waals surface area contributed by atoms with Crippen molar-refractivity contribution in [3.8, 4) is 0 Å². The monoisotopic (exact) mass is 497 g/mol. The molecule has 0 saturated heterocycles. The van der Waals surface area contributed by atoms with Gasteiger partial charge in [-0.1, -0.05) is 104 Å². The molecule has 0 aliphatic rings. The molecule has 1 amide bonds. The third-order valence-corrected chi connectivity index (χ3v) is 8.22. The Hall–Kier alpha value is -1.60. The molecular formula is C27H47NO5S. The summed E-state index contributed by atoms with van der Waals surface area (Å²) in [6.07, 6.45) is 8.49. The Bertz CT molecular complexity index is 794. The number of carboxylic acid groups (broad SMARTS) is 1. The van der Waals surface area contributed by atoms with Gasteiger partial charge in [-0.15, -0.1) is 4.31 Å². The zero-order valence-electron chi connectivity index (χ0n) is 22.1. The maximum Gasteiger partial charge on any atom is 0.427 e. The van der Waals surface area contributed by atoms with Gasteiger partial charge in [0.25, 0.3) is 0 Å². The first-order valence-corrected chi connectivity index (χ1v) is 14.4. The molecule has 0 aliphatic heterocycles. The van der Waals surface area contributed by atoms with E-state index in [1.165, 1.54) is 50.7 Å². The summed E-state index contributed by atoms with van der Waals surface area (Å²) in [5.74, 6) is 1.54. The molecule has 196 valence electrons. The number of para-hydroxylation sites is 1. The molecule has 1 aromatic carbocycles. The predicted molar refractivity (Wildman–Crippen MR) is 140 cm³/mol. The summed E-state index contributed by atoms with van der Waals surface area (Å²) in [6.45, 7) is 12.7. The molecule has 1 N–H and O–H groups in total. The van der Waals surface area contributed by atoms with E-state index in [0.29, 0.717) is 16.1 Å². The van der Waals surface area contributed by atoms with Crippen molar-refractivity contribution in [3.05, 3.63) is 30.3 Å². The van der Waals surface area contributed by atoms with Crippen LogP contribution < -0.4 is 4.31 Å². The minimum atomic E-state index is -4.49. The minimum absolute atomic E-state index is 0.0126. The van der Waals surface area contributed by atoms with Crippen molar-refractivity contribution in [3.63, 3.8) is 0 Å². The van der Waals surface area contributed by atoms with Crippen molar-refractivity contribution in [1.82, 2.24) is 0 Å². The number of nitrogens with zero attached hydrogens (tertiary/aromatic N) is 1. The fraction of sp³-hybridized carbons (Fsp3) is 0.741. The van der Waals surface area contributed by atoms with Crippen molar-refractivity contribution in [2.24, 2.45) is 23.7 Å². The van der Waals surface area contributed by atoms with Crippen molar-refractivity contribution in [2.75, 3.05) is 4.31 Å². The van der Waals surface area contributed by atoms with Gasteiger partial charge in [0.15, 0.2) is 0 Å². The molecule has 7 heteroatoms. The molecule has 3 unspecified atom stereocenters. The fourth-order valence-electron chi connectivity index (χ4n) is 4.75. The van der Waals surface area contributed by atoms with Crippen LogP contribution in [0, 0.1) is 23.7 Å². The first-order chi connectivity index (χ1) is 16.0. The highest BCUT2D eigenvalue weighted by molar-refractivity contribution is 7.89. The average molecular weight is 498 g/mol. The maximum absolute atomic E-state index is 12.9. The molecule has 0 aliphatic carbocycles. The van der Waals surface area contributed by atoms with Crippen LogP contribution in [0.5, 0.6) is 0 Å². The van der Waals surface area contributed by atoms with Crippen molar-refractivity contribution in [1.29, 1.82) is 0 Å². The summed E-state index contributed by atoms with van der Waals surface area (Å²) in [4.78, 5) is 11.8. The quantitative estimate of drug-likeness (QED) is 0.221. The van der Waals surface area contributed by atoms with E-state index in [9.17, 15) is 18.3 Å². The molecule has 1 rings (SSSR count). The van der Waals surface area contributed by atoms with Crippen LogP contribution in [-0.4, -0.2) is 25.7 Å². The van der Waals surface area contributed by atoms with Crippen LogP contribution in [0.25, 0.3) is 0 Å². The number of benzene rings is 1. The van der Waals surface area contributed by atoms with E-state index in [4.69, 9.17) is 4.18 Å². The lowest BCUT2D eigenvalue weighted by molar-refractivity contribution is 0.115. The second-order valence-corrected chi connectivity index (χ2v) is 11.6. The van der Waals surface area contributed by atoms with Gasteiger partial charge >= 0.3 is 16.4 Å². The molecule has 0 aromatic heterocycles. The second-order valence-electron chi connectivity index (χ2n) is 10.2. The predicted octanol–water partition coefficient (Wildman–Crippen LogP) is 7.90. The molecular weight excluding hydrogens is 450 g/mol. The highest BCUT2D eigenvalue weighted by Crippen LogP contribution is 2.31. The first-order valence-electron chi connectivity index (χ1n) is 13.0. The van der Waals surface area contributed by atoms with Gasteiger partial charge in [-0.2, -0.15) is 8.42 Å². The van der Waals surface area contributed by atoms with E-state index in [1.54, 1.807) is 25.1 Å². The van der Waals surface area contributed by atoms with E-state index in [0.717, 1.165) is 19.3 Å². The molecule has 0 heterocycles. The van der Waals surface area contributed by atoms with Gasteiger partial charge in [-0.3, -0.25) is 0 Å². The largest absolute Gasteiger partial charge is 0.464 e. The molecule has 0 spiro atoms. The van der Waals surface area contributed by atoms with Gasteiger partial charge in [0, 0.05) is 0 Å². The lowest BCUT2D eigenvalue weighted by atomic mass is 9.82. The van der Waals surface area contributed by atoms with Gasteiger partial charge in [0.05, 0.1) is 11.8 Å². The van der Waals surface area contributed by atoms with E-state index in [1.807, 2.05) is 0 Å². The number of hydrogen-bond donors (Lipinski definition) is 1. The lowest BCUT2D eigenvalue weighted by Gasteiger charge is -2.30. The first kappa shape index (κ1) is 30.4. The van der Waals surface area contributed by atoms with Crippen LogP contribution >= 0.6 is 0 Å². The Morgan fingerprint density at radius 1 is 0.882 bits per heavy atom. The van der Waals surface area contributed by atoms with Gasteiger partial charge in [0.1, 0.15) is 0 Å². The Labute approximate surface area is 208 Å². The maximum atomic E-state index is 12.9. The molecule has 0 saturated carbocycles. The smallest absolute Gasteiger partial charge is 0.427 e. The lowest BCUT2D eigenvalue weighted by Crippen LogP contribution is -2.40. The summed E-state index contributed by atoms with van der Waals surface area (Å²) < 4.78 is 31.6. The topological polar surface area (TPSA) is 83.9 Å². The molecule has 3 atom stereocenters.